The van der Waals surface area contributed by atoms with Crippen molar-refractivity contribution in [1.82, 2.24) is 4.90 Å². The molecule has 116 valence electrons. The van der Waals surface area contributed by atoms with Crippen LogP contribution >= 0.6 is 11.3 Å². The van der Waals surface area contributed by atoms with Gasteiger partial charge in [-0.15, -0.1) is 0 Å². The Morgan fingerprint density at radius 1 is 1.32 bits per heavy atom. The highest BCUT2D eigenvalue weighted by atomic mass is 32.1. The zero-order chi connectivity index (χ0) is 15.5. The Hall–Kier alpha value is -1.85. The highest BCUT2D eigenvalue weighted by Crippen LogP contribution is 2.27. The van der Waals surface area contributed by atoms with E-state index >= 15 is 0 Å². The molecule has 0 bridgehead atoms. The van der Waals surface area contributed by atoms with Crippen LogP contribution in [-0.2, 0) is 16.0 Å². The molecule has 2 N–H and O–H groups in total. The van der Waals surface area contributed by atoms with E-state index in [0.717, 1.165) is 11.1 Å². The number of nitrogens with two attached hydrogens (primary N) is 1. The molecule has 0 saturated carbocycles. The monoisotopic (exact) mass is 316 g/mol. The molecule has 2 unspecified atom stereocenters. The molecule has 1 aromatic heterocycles. The van der Waals surface area contributed by atoms with Crippen molar-refractivity contribution in [3.63, 3.8) is 0 Å². The molecule has 1 aliphatic rings. The SMILES string of the molecule is CC1CN(C(=O)Cc2ccc(N)cc2)CC(c2ccsc2)O1. The van der Waals surface area contributed by atoms with Crippen molar-refractivity contribution in [3.05, 3.63) is 52.2 Å². The molecule has 1 amide bonds. The van der Waals surface area contributed by atoms with Gasteiger partial charge in [0, 0.05) is 12.2 Å². The second-order valence-corrected chi connectivity index (χ2v) is 6.49. The second-order valence-electron chi connectivity index (χ2n) is 5.71. The number of carbonyl (C=O) groups is 1. The van der Waals surface area contributed by atoms with Gasteiger partial charge in [-0.1, -0.05) is 12.1 Å². The molecule has 4 nitrogen and oxygen atoms in total. The quantitative estimate of drug-likeness (QED) is 0.886. The van der Waals surface area contributed by atoms with E-state index in [1.807, 2.05) is 41.5 Å². The van der Waals surface area contributed by atoms with Crippen molar-refractivity contribution in [2.24, 2.45) is 0 Å². The molecule has 1 saturated heterocycles. The number of carbonyl (C=O) groups excluding carboxylic acids is 1. The van der Waals surface area contributed by atoms with Gasteiger partial charge in [0.25, 0.3) is 0 Å². The number of thiophene rings is 1. The summed E-state index contributed by atoms with van der Waals surface area (Å²) < 4.78 is 5.97. The summed E-state index contributed by atoms with van der Waals surface area (Å²) in [5, 5.41) is 4.13. The maximum atomic E-state index is 12.6. The predicted octanol–water partition coefficient (Wildman–Crippen LogP) is 2.86. The van der Waals surface area contributed by atoms with Crippen molar-refractivity contribution >= 4 is 22.9 Å². The molecule has 0 spiro atoms. The van der Waals surface area contributed by atoms with E-state index in [1.54, 1.807) is 11.3 Å². The van der Waals surface area contributed by atoms with Gasteiger partial charge in [0.05, 0.1) is 19.1 Å². The van der Waals surface area contributed by atoms with Crippen LogP contribution in [0.3, 0.4) is 0 Å². The average molecular weight is 316 g/mol. The number of hydrogen-bond donors (Lipinski definition) is 1. The Morgan fingerprint density at radius 2 is 2.09 bits per heavy atom. The van der Waals surface area contributed by atoms with E-state index in [1.165, 1.54) is 0 Å². The number of benzene rings is 1. The van der Waals surface area contributed by atoms with E-state index in [9.17, 15) is 4.79 Å². The Balaban J connectivity index is 1.67. The van der Waals surface area contributed by atoms with Crippen LogP contribution < -0.4 is 5.73 Å². The summed E-state index contributed by atoms with van der Waals surface area (Å²) in [6, 6.07) is 9.55. The van der Waals surface area contributed by atoms with Gasteiger partial charge < -0.3 is 15.4 Å². The third-order valence-electron chi connectivity index (χ3n) is 3.86. The fourth-order valence-electron chi connectivity index (χ4n) is 2.72. The zero-order valence-corrected chi connectivity index (χ0v) is 13.4. The van der Waals surface area contributed by atoms with Crippen LogP contribution in [0.4, 0.5) is 5.69 Å². The van der Waals surface area contributed by atoms with Gasteiger partial charge in [-0.2, -0.15) is 11.3 Å². The molecule has 2 heterocycles. The highest BCUT2D eigenvalue weighted by molar-refractivity contribution is 7.07. The minimum Gasteiger partial charge on any atom is -0.399 e. The Bertz CT molecular complexity index is 625. The lowest BCUT2D eigenvalue weighted by atomic mass is 10.1. The van der Waals surface area contributed by atoms with Crippen LogP contribution in [0.15, 0.2) is 41.1 Å². The molecule has 3 rings (SSSR count). The zero-order valence-electron chi connectivity index (χ0n) is 12.6. The summed E-state index contributed by atoms with van der Waals surface area (Å²) >= 11 is 1.65. The van der Waals surface area contributed by atoms with Crippen molar-refractivity contribution < 1.29 is 9.53 Å². The summed E-state index contributed by atoms with van der Waals surface area (Å²) in [6.07, 6.45) is 0.433. The van der Waals surface area contributed by atoms with E-state index in [4.69, 9.17) is 10.5 Å². The largest absolute Gasteiger partial charge is 0.399 e. The molecule has 22 heavy (non-hydrogen) atoms. The molecule has 1 aromatic carbocycles. The van der Waals surface area contributed by atoms with Crippen molar-refractivity contribution in [2.45, 2.75) is 25.6 Å². The van der Waals surface area contributed by atoms with Crippen LogP contribution in [-0.4, -0.2) is 30.0 Å². The highest BCUT2D eigenvalue weighted by Gasteiger charge is 2.29. The van der Waals surface area contributed by atoms with E-state index < -0.39 is 0 Å². The summed E-state index contributed by atoms with van der Waals surface area (Å²) in [5.41, 5.74) is 8.54. The number of anilines is 1. The Morgan fingerprint density at radius 3 is 2.77 bits per heavy atom. The number of morpholine rings is 1. The third kappa shape index (κ3) is 3.48. The van der Waals surface area contributed by atoms with Gasteiger partial charge in [0.2, 0.25) is 5.91 Å². The summed E-state index contributed by atoms with van der Waals surface area (Å²) in [5.74, 6) is 0.139. The van der Waals surface area contributed by atoms with E-state index in [-0.39, 0.29) is 18.1 Å². The first-order valence-electron chi connectivity index (χ1n) is 7.41. The lowest BCUT2D eigenvalue weighted by Crippen LogP contribution is -2.46. The average Bonchev–Trinajstić information content (AvgIpc) is 3.03. The minimum atomic E-state index is -0.0228. The predicted molar refractivity (Wildman–Crippen MR) is 88.7 cm³/mol. The van der Waals surface area contributed by atoms with Crippen molar-refractivity contribution in [2.75, 3.05) is 18.8 Å². The van der Waals surface area contributed by atoms with Crippen LogP contribution in [0.1, 0.15) is 24.2 Å². The number of ether oxygens (including phenoxy) is 1. The number of hydrogen-bond acceptors (Lipinski definition) is 4. The molecule has 1 aliphatic heterocycles. The molecule has 2 aromatic rings. The van der Waals surface area contributed by atoms with E-state index in [2.05, 4.69) is 11.4 Å². The molecule has 1 fully saturated rings. The van der Waals surface area contributed by atoms with Gasteiger partial charge in [0.1, 0.15) is 6.10 Å². The van der Waals surface area contributed by atoms with Crippen LogP contribution in [0, 0.1) is 0 Å². The number of nitrogen functional groups attached to an aromatic ring is 1. The first-order chi connectivity index (χ1) is 10.6. The summed E-state index contributed by atoms with van der Waals surface area (Å²) in [7, 11) is 0. The van der Waals surface area contributed by atoms with Gasteiger partial charge in [-0.25, -0.2) is 0 Å². The lowest BCUT2D eigenvalue weighted by Gasteiger charge is -2.36. The van der Waals surface area contributed by atoms with Crippen molar-refractivity contribution in [1.29, 1.82) is 0 Å². The topological polar surface area (TPSA) is 55.6 Å². The lowest BCUT2D eigenvalue weighted by molar-refractivity contribution is -0.144. The normalized spacial score (nSPS) is 21.8. The number of rotatable bonds is 3. The smallest absolute Gasteiger partial charge is 0.227 e. The third-order valence-corrected chi connectivity index (χ3v) is 4.56. The first kappa shape index (κ1) is 15.1. The molecule has 5 heteroatoms. The van der Waals surface area contributed by atoms with Gasteiger partial charge >= 0.3 is 0 Å². The number of amides is 1. The van der Waals surface area contributed by atoms with Gasteiger partial charge in [0.15, 0.2) is 0 Å². The first-order valence-corrected chi connectivity index (χ1v) is 8.36. The maximum absolute atomic E-state index is 12.6. The van der Waals surface area contributed by atoms with Gasteiger partial charge in [-0.05, 0) is 47.0 Å². The van der Waals surface area contributed by atoms with Crippen LogP contribution in [0.5, 0.6) is 0 Å². The molecule has 2 atom stereocenters. The standard InChI is InChI=1S/C17H20N2O2S/c1-12-9-19(10-16(21-12)14-6-7-22-11-14)17(20)8-13-2-4-15(18)5-3-13/h2-7,11-12,16H,8-10,18H2,1H3. The summed E-state index contributed by atoms with van der Waals surface area (Å²) in [6.45, 7) is 3.28. The van der Waals surface area contributed by atoms with Gasteiger partial charge in [-0.3, -0.25) is 4.79 Å². The number of nitrogens with zero attached hydrogens (tertiary/aromatic N) is 1. The maximum Gasteiger partial charge on any atom is 0.227 e. The van der Waals surface area contributed by atoms with E-state index in [0.29, 0.717) is 25.2 Å². The second kappa shape index (κ2) is 6.50. The Labute approximate surface area is 134 Å². The summed E-state index contributed by atoms with van der Waals surface area (Å²) in [4.78, 5) is 14.5. The fraction of sp³-hybridized carbons (Fsp3) is 0.353. The molecule has 0 radical (unpaired) electrons. The molecular formula is C17H20N2O2S. The van der Waals surface area contributed by atoms with Crippen LogP contribution in [0.25, 0.3) is 0 Å². The Kier molecular flexibility index (Phi) is 4.45. The fourth-order valence-corrected chi connectivity index (χ4v) is 3.42. The van der Waals surface area contributed by atoms with Crippen molar-refractivity contribution in [3.8, 4) is 0 Å². The molecular weight excluding hydrogens is 296 g/mol. The molecule has 0 aliphatic carbocycles. The van der Waals surface area contributed by atoms with Crippen LogP contribution in [0.2, 0.25) is 0 Å². The minimum absolute atomic E-state index is 0.0228.